The Bertz CT molecular complexity index is 1160. The van der Waals surface area contributed by atoms with Gasteiger partial charge >= 0.3 is 6.03 Å². The molecule has 2 fully saturated rings. The second-order valence-corrected chi connectivity index (χ2v) is 13.1. The lowest BCUT2D eigenvalue weighted by molar-refractivity contribution is 0.0423. The van der Waals surface area contributed by atoms with E-state index in [1.54, 1.807) is 0 Å². The number of aryl methyl sites for hydroxylation is 1. The first kappa shape index (κ1) is 25.8. The molecule has 1 heterocycles. The number of hydrogen-bond donors (Lipinski definition) is 1. The maximum atomic E-state index is 14.7. The number of nitrogen functional groups attached to an aromatic ring is 1. The summed E-state index contributed by atoms with van der Waals surface area (Å²) < 4.78 is 0. The summed E-state index contributed by atoms with van der Waals surface area (Å²) in [6.07, 6.45) is 10.00. The molecule has 2 aromatic carbocycles. The van der Waals surface area contributed by atoms with Gasteiger partial charge in [-0.2, -0.15) is 5.10 Å². The van der Waals surface area contributed by atoms with Crippen molar-refractivity contribution in [3.8, 4) is 0 Å². The Morgan fingerprint density at radius 2 is 1.59 bits per heavy atom. The number of carbonyl (C=O) groups is 1. The predicted octanol–water partition coefficient (Wildman–Crippen LogP) is 8.29. The minimum absolute atomic E-state index is 0.0522. The van der Waals surface area contributed by atoms with Crippen LogP contribution < -0.4 is 10.6 Å². The molecule has 0 aromatic heterocycles. The van der Waals surface area contributed by atoms with Crippen LogP contribution in [0.15, 0.2) is 47.6 Å². The molecule has 2 amide bonds. The van der Waals surface area contributed by atoms with Gasteiger partial charge in [-0.05, 0) is 85.3 Å². The Morgan fingerprint density at radius 3 is 2.22 bits per heavy atom. The van der Waals surface area contributed by atoms with Gasteiger partial charge in [0.2, 0.25) is 0 Å². The van der Waals surface area contributed by atoms with E-state index >= 15 is 0 Å². The van der Waals surface area contributed by atoms with Crippen LogP contribution in [0.1, 0.15) is 97.1 Å². The number of hydrazone groups is 1. The number of hydrogen-bond acceptors (Lipinski definition) is 3. The zero-order chi connectivity index (χ0) is 26.4. The van der Waals surface area contributed by atoms with Gasteiger partial charge in [-0.3, -0.25) is 4.90 Å². The standard InChI is InChI=1S/C32H44N4O/c1-6-22-12-17-27-28(18-22)35(25-15-13-24(33)14-16-25)30(37)36(34-29(27)23-10-8-7-9-11-23)26-19-31(2,3)21-32(4,5)20-26/h12-18,23,26H,6-11,19-21,33H2,1-5H3. The highest BCUT2D eigenvalue weighted by Gasteiger charge is 2.45. The Labute approximate surface area is 223 Å². The molecule has 0 radical (unpaired) electrons. The molecule has 2 saturated carbocycles. The van der Waals surface area contributed by atoms with E-state index in [0.717, 1.165) is 61.2 Å². The Kier molecular flexibility index (Phi) is 6.84. The molecule has 37 heavy (non-hydrogen) atoms. The van der Waals surface area contributed by atoms with Crippen LogP contribution in [0, 0.1) is 16.7 Å². The number of anilines is 3. The molecule has 198 valence electrons. The van der Waals surface area contributed by atoms with Crippen molar-refractivity contribution in [1.82, 2.24) is 5.01 Å². The van der Waals surface area contributed by atoms with Gasteiger partial charge in [0.15, 0.2) is 0 Å². The van der Waals surface area contributed by atoms with E-state index in [0.29, 0.717) is 11.6 Å². The monoisotopic (exact) mass is 500 g/mol. The predicted molar refractivity (Wildman–Crippen MR) is 154 cm³/mol. The topological polar surface area (TPSA) is 61.9 Å². The zero-order valence-corrected chi connectivity index (χ0v) is 23.4. The van der Waals surface area contributed by atoms with Gasteiger partial charge < -0.3 is 5.73 Å². The van der Waals surface area contributed by atoms with Crippen LogP contribution in [0.25, 0.3) is 0 Å². The van der Waals surface area contributed by atoms with Gasteiger partial charge in [0.05, 0.1) is 23.1 Å². The van der Waals surface area contributed by atoms with Gasteiger partial charge in [0.1, 0.15) is 0 Å². The van der Waals surface area contributed by atoms with E-state index in [9.17, 15) is 4.79 Å². The summed E-state index contributed by atoms with van der Waals surface area (Å²) in [5.74, 6) is 0.381. The molecule has 0 bridgehead atoms. The number of nitrogens with zero attached hydrogens (tertiary/aromatic N) is 3. The number of carbonyl (C=O) groups excluding carboxylic acids is 1. The van der Waals surface area contributed by atoms with Crippen molar-refractivity contribution in [2.75, 3.05) is 10.6 Å². The fraction of sp³-hybridized carbons (Fsp3) is 0.562. The lowest BCUT2D eigenvalue weighted by atomic mass is 9.63. The molecular formula is C32H44N4O. The number of nitrogens with two attached hydrogens (primary N) is 1. The summed E-state index contributed by atoms with van der Waals surface area (Å²) in [4.78, 5) is 16.6. The molecule has 5 nitrogen and oxygen atoms in total. The number of amides is 2. The van der Waals surface area contributed by atoms with Crippen LogP contribution in [0.3, 0.4) is 0 Å². The van der Waals surface area contributed by atoms with Crippen LogP contribution in [0.4, 0.5) is 21.9 Å². The molecule has 2 N–H and O–H groups in total. The number of rotatable bonds is 4. The average molecular weight is 501 g/mol. The third kappa shape index (κ3) is 5.28. The molecule has 0 atom stereocenters. The van der Waals surface area contributed by atoms with Crippen LogP contribution in [-0.2, 0) is 6.42 Å². The highest BCUT2D eigenvalue weighted by molar-refractivity contribution is 6.14. The first-order valence-electron chi connectivity index (χ1n) is 14.3. The highest BCUT2D eigenvalue weighted by Crippen LogP contribution is 2.48. The Hall–Kier alpha value is -2.82. The zero-order valence-electron chi connectivity index (χ0n) is 23.4. The fourth-order valence-corrected chi connectivity index (χ4v) is 7.37. The van der Waals surface area contributed by atoms with Gasteiger partial charge in [-0.1, -0.05) is 66.0 Å². The van der Waals surface area contributed by atoms with E-state index in [-0.39, 0.29) is 22.9 Å². The summed E-state index contributed by atoms with van der Waals surface area (Å²) in [7, 11) is 0. The third-order valence-electron chi connectivity index (χ3n) is 8.61. The largest absolute Gasteiger partial charge is 0.399 e. The van der Waals surface area contributed by atoms with Crippen molar-refractivity contribution in [1.29, 1.82) is 0 Å². The molecule has 2 aliphatic carbocycles. The van der Waals surface area contributed by atoms with Crippen LogP contribution in [0.5, 0.6) is 0 Å². The van der Waals surface area contributed by atoms with Crippen LogP contribution >= 0.6 is 0 Å². The summed E-state index contributed by atoms with van der Waals surface area (Å²) in [5.41, 5.74) is 12.3. The Balaban J connectivity index is 1.70. The molecule has 5 heteroatoms. The molecule has 1 aliphatic heterocycles. The lowest BCUT2D eigenvalue weighted by Crippen LogP contribution is -2.49. The molecule has 0 spiro atoms. The van der Waals surface area contributed by atoms with Crippen LogP contribution in [-0.4, -0.2) is 22.8 Å². The smallest absolute Gasteiger partial charge is 0.349 e. The number of fused-ring (bicyclic) bond motifs is 1. The minimum atomic E-state index is -0.0522. The van der Waals surface area contributed by atoms with Crippen molar-refractivity contribution in [3.05, 3.63) is 53.6 Å². The molecule has 0 saturated heterocycles. The van der Waals surface area contributed by atoms with Crippen LogP contribution in [0.2, 0.25) is 0 Å². The van der Waals surface area contributed by atoms with Gasteiger partial charge in [-0.15, -0.1) is 0 Å². The average Bonchev–Trinajstić information content (AvgIpc) is 2.97. The van der Waals surface area contributed by atoms with Gasteiger partial charge in [0, 0.05) is 17.2 Å². The minimum Gasteiger partial charge on any atom is -0.399 e. The quantitative estimate of drug-likeness (QED) is 0.429. The normalized spacial score (nSPS) is 22.4. The first-order chi connectivity index (χ1) is 17.6. The molecule has 5 rings (SSSR count). The van der Waals surface area contributed by atoms with Crippen molar-refractivity contribution < 1.29 is 4.79 Å². The fourth-order valence-electron chi connectivity index (χ4n) is 7.37. The molecular weight excluding hydrogens is 456 g/mol. The Morgan fingerprint density at radius 1 is 0.946 bits per heavy atom. The summed E-state index contributed by atoms with van der Waals surface area (Å²) in [6, 6.07) is 14.4. The van der Waals surface area contributed by atoms with E-state index in [4.69, 9.17) is 10.8 Å². The van der Waals surface area contributed by atoms with Crippen molar-refractivity contribution in [2.24, 2.45) is 21.8 Å². The van der Waals surface area contributed by atoms with E-state index in [1.165, 1.54) is 24.8 Å². The summed E-state index contributed by atoms with van der Waals surface area (Å²) in [6.45, 7) is 11.5. The molecule has 0 unspecified atom stereocenters. The first-order valence-corrected chi connectivity index (χ1v) is 14.3. The molecule has 3 aliphatic rings. The number of urea groups is 1. The maximum Gasteiger partial charge on any atom is 0.349 e. The molecule has 2 aromatic rings. The SMILES string of the molecule is CCc1ccc2c(c1)N(c1ccc(N)cc1)C(=O)N(C1CC(C)(C)CC(C)(C)C1)N=C2C1CCCCC1. The van der Waals surface area contributed by atoms with Crippen molar-refractivity contribution >= 4 is 28.8 Å². The van der Waals surface area contributed by atoms with Crippen molar-refractivity contribution in [3.63, 3.8) is 0 Å². The van der Waals surface area contributed by atoms with Gasteiger partial charge in [0.25, 0.3) is 0 Å². The van der Waals surface area contributed by atoms with Crippen molar-refractivity contribution in [2.45, 2.75) is 98.4 Å². The lowest BCUT2D eigenvalue weighted by Gasteiger charge is -2.47. The summed E-state index contributed by atoms with van der Waals surface area (Å²) in [5, 5.41) is 7.24. The highest BCUT2D eigenvalue weighted by atomic mass is 16.2. The maximum absolute atomic E-state index is 14.7. The number of benzene rings is 2. The summed E-state index contributed by atoms with van der Waals surface area (Å²) >= 11 is 0. The van der Waals surface area contributed by atoms with E-state index in [1.807, 2.05) is 34.2 Å². The van der Waals surface area contributed by atoms with E-state index < -0.39 is 0 Å². The van der Waals surface area contributed by atoms with E-state index in [2.05, 4.69) is 52.8 Å². The van der Waals surface area contributed by atoms with Gasteiger partial charge in [-0.25, -0.2) is 9.80 Å². The second kappa shape index (κ2) is 9.81. The third-order valence-corrected chi connectivity index (χ3v) is 8.61. The second-order valence-electron chi connectivity index (χ2n) is 13.1.